The fourth-order valence-corrected chi connectivity index (χ4v) is 3.30. The van der Waals surface area contributed by atoms with Gasteiger partial charge in [-0.2, -0.15) is 5.10 Å². The van der Waals surface area contributed by atoms with Gasteiger partial charge in [-0.15, -0.1) is 0 Å². The minimum absolute atomic E-state index is 0.0413. The molecule has 1 fully saturated rings. The van der Waals surface area contributed by atoms with E-state index >= 15 is 0 Å². The first-order valence-corrected chi connectivity index (χ1v) is 9.23. The van der Waals surface area contributed by atoms with Crippen LogP contribution >= 0.6 is 11.6 Å². The third-order valence-corrected chi connectivity index (χ3v) is 4.98. The fraction of sp³-hybridized carbons (Fsp3) is 0.300. The van der Waals surface area contributed by atoms with Crippen LogP contribution in [0.15, 0.2) is 47.6 Å². The number of halogens is 1. The van der Waals surface area contributed by atoms with Gasteiger partial charge in [-0.1, -0.05) is 29.8 Å². The van der Waals surface area contributed by atoms with Crippen molar-refractivity contribution in [3.63, 3.8) is 0 Å². The van der Waals surface area contributed by atoms with Crippen LogP contribution in [0.4, 0.5) is 0 Å². The van der Waals surface area contributed by atoms with Crippen molar-refractivity contribution in [2.24, 2.45) is 5.10 Å². The molecule has 0 bridgehead atoms. The number of rotatable bonds is 6. The number of hydrogen-bond donors (Lipinski definition) is 3. The molecule has 2 atom stereocenters. The van der Waals surface area contributed by atoms with E-state index in [1.54, 1.807) is 20.3 Å². The van der Waals surface area contributed by atoms with Crippen LogP contribution in [0.2, 0.25) is 5.02 Å². The van der Waals surface area contributed by atoms with Gasteiger partial charge in [0.2, 0.25) is 0 Å². The molecule has 3 N–H and O–H groups in total. The predicted molar refractivity (Wildman–Crippen MR) is 109 cm³/mol. The molecular formula is C20H23ClN4O3. The number of ether oxygens (including phenoxy) is 2. The molecule has 2 unspecified atom stereocenters. The second kappa shape index (κ2) is 9.05. The van der Waals surface area contributed by atoms with Crippen LogP contribution in [0.1, 0.15) is 30.5 Å². The number of carbonyl (C=O) groups is 1. The lowest BCUT2D eigenvalue weighted by Crippen LogP contribution is -2.41. The Hall–Kier alpha value is -2.61. The zero-order valence-electron chi connectivity index (χ0n) is 16.0. The van der Waals surface area contributed by atoms with Crippen LogP contribution in [0.25, 0.3) is 0 Å². The van der Waals surface area contributed by atoms with E-state index in [9.17, 15) is 4.79 Å². The second-order valence-corrected chi connectivity index (χ2v) is 6.80. The SMILES string of the molecule is COc1ccc(/C(C)=N/NC(=O)C2CC(c3ccccc3Cl)NN2)cc1OC. The summed E-state index contributed by atoms with van der Waals surface area (Å²) in [5.41, 5.74) is 11.2. The van der Waals surface area contributed by atoms with E-state index in [2.05, 4.69) is 21.4 Å². The number of hydrogen-bond acceptors (Lipinski definition) is 6. The van der Waals surface area contributed by atoms with Gasteiger partial charge < -0.3 is 9.47 Å². The second-order valence-electron chi connectivity index (χ2n) is 6.39. The molecule has 2 aromatic carbocycles. The van der Waals surface area contributed by atoms with Crippen molar-refractivity contribution < 1.29 is 14.3 Å². The lowest BCUT2D eigenvalue weighted by Gasteiger charge is -2.11. The summed E-state index contributed by atoms with van der Waals surface area (Å²) in [5.74, 6) is 1.02. The average molecular weight is 403 g/mol. The van der Waals surface area contributed by atoms with Gasteiger partial charge in [0.15, 0.2) is 11.5 Å². The van der Waals surface area contributed by atoms with Crippen LogP contribution in [0.3, 0.4) is 0 Å². The summed E-state index contributed by atoms with van der Waals surface area (Å²) < 4.78 is 10.5. The third-order valence-electron chi connectivity index (χ3n) is 4.64. The van der Waals surface area contributed by atoms with Crippen molar-refractivity contribution in [1.29, 1.82) is 0 Å². The highest BCUT2D eigenvalue weighted by atomic mass is 35.5. The van der Waals surface area contributed by atoms with Gasteiger partial charge in [-0.3, -0.25) is 4.79 Å². The monoisotopic (exact) mass is 402 g/mol. The highest BCUT2D eigenvalue weighted by Crippen LogP contribution is 2.29. The van der Waals surface area contributed by atoms with Crippen molar-refractivity contribution in [3.8, 4) is 11.5 Å². The van der Waals surface area contributed by atoms with Gasteiger partial charge in [-0.25, -0.2) is 16.3 Å². The van der Waals surface area contributed by atoms with Gasteiger partial charge >= 0.3 is 0 Å². The molecule has 1 aliphatic heterocycles. The largest absolute Gasteiger partial charge is 0.493 e. The highest BCUT2D eigenvalue weighted by Gasteiger charge is 2.31. The summed E-state index contributed by atoms with van der Waals surface area (Å²) in [6, 6.07) is 12.6. The maximum absolute atomic E-state index is 12.5. The number of nitrogens with one attached hydrogen (secondary N) is 3. The molecule has 1 saturated heterocycles. The summed E-state index contributed by atoms with van der Waals surface area (Å²) in [5, 5.41) is 4.88. The molecule has 1 aliphatic rings. The highest BCUT2D eigenvalue weighted by molar-refractivity contribution is 6.31. The average Bonchev–Trinajstić information content (AvgIpc) is 3.21. The summed E-state index contributed by atoms with van der Waals surface area (Å²) in [4.78, 5) is 12.5. The van der Waals surface area contributed by atoms with E-state index in [1.165, 1.54) is 0 Å². The van der Waals surface area contributed by atoms with E-state index in [1.807, 2.05) is 43.3 Å². The molecule has 1 amide bonds. The smallest absolute Gasteiger partial charge is 0.258 e. The first-order chi connectivity index (χ1) is 13.5. The van der Waals surface area contributed by atoms with Crippen molar-refractivity contribution in [1.82, 2.24) is 16.3 Å². The molecule has 0 radical (unpaired) electrons. The molecule has 8 heteroatoms. The predicted octanol–water partition coefficient (Wildman–Crippen LogP) is 2.81. The number of carbonyl (C=O) groups excluding carboxylic acids is 1. The van der Waals surface area contributed by atoms with Gasteiger partial charge in [-0.05, 0) is 43.2 Å². The zero-order valence-corrected chi connectivity index (χ0v) is 16.7. The summed E-state index contributed by atoms with van der Waals surface area (Å²) in [7, 11) is 3.15. The number of amides is 1. The van der Waals surface area contributed by atoms with E-state index in [4.69, 9.17) is 21.1 Å². The van der Waals surface area contributed by atoms with E-state index in [0.717, 1.165) is 11.1 Å². The van der Waals surface area contributed by atoms with Crippen LogP contribution in [0.5, 0.6) is 11.5 Å². The number of benzene rings is 2. The third kappa shape index (κ3) is 4.44. The number of methoxy groups -OCH3 is 2. The van der Waals surface area contributed by atoms with Crippen molar-refractivity contribution in [3.05, 3.63) is 58.6 Å². The van der Waals surface area contributed by atoms with Crippen molar-refractivity contribution in [2.75, 3.05) is 14.2 Å². The molecule has 0 spiro atoms. The minimum Gasteiger partial charge on any atom is -0.493 e. The number of nitrogens with zero attached hydrogens (tertiary/aromatic N) is 1. The molecule has 1 heterocycles. The number of hydrazone groups is 1. The van der Waals surface area contributed by atoms with E-state index in [0.29, 0.717) is 28.7 Å². The van der Waals surface area contributed by atoms with Gasteiger partial charge in [0.05, 0.1) is 19.9 Å². The Morgan fingerprint density at radius 2 is 1.89 bits per heavy atom. The maximum atomic E-state index is 12.5. The molecule has 28 heavy (non-hydrogen) atoms. The molecule has 148 valence electrons. The van der Waals surface area contributed by atoms with Crippen LogP contribution in [0, 0.1) is 0 Å². The van der Waals surface area contributed by atoms with Crippen molar-refractivity contribution in [2.45, 2.75) is 25.4 Å². The Morgan fingerprint density at radius 3 is 2.61 bits per heavy atom. The standard InChI is InChI=1S/C20H23ClN4O3/c1-12(13-8-9-18(27-2)19(10-13)28-3)22-25-20(26)17-11-16(23-24-17)14-6-4-5-7-15(14)21/h4-10,16-17,23-24H,11H2,1-3H3,(H,25,26)/b22-12+. The summed E-state index contributed by atoms with van der Waals surface area (Å²) >= 11 is 6.24. The first-order valence-electron chi connectivity index (χ1n) is 8.85. The molecule has 7 nitrogen and oxygen atoms in total. The van der Waals surface area contributed by atoms with E-state index < -0.39 is 6.04 Å². The lowest BCUT2D eigenvalue weighted by atomic mass is 10.0. The Balaban J connectivity index is 1.63. The zero-order chi connectivity index (χ0) is 20.1. The van der Waals surface area contributed by atoms with Gasteiger partial charge in [0.1, 0.15) is 6.04 Å². The quantitative estimate of drug-likeness (QED) is 0.511. The topological polar surface area (TPSA) is 84.0 Å². The van der Waals surface area contributed by atoms with Crippen LogP contribution < -0.4 is 25.8 Å². The Bertz CT molecular complexity index is 888. The van der Waals surface area contributed by atoms with Crippen LogP contribution in [-0.2, 0) is 4.79 Å². The van der Waals surface area contributed by atoms with Crippen molar-refractivity contribution >= 4 is 23.2 Å². The Kier molecular flexibility index (Phi) is 6.51. The Labute approximate surface area is 169 Å². The maximum Gasteiger partial charge on any atom is 0.258 e. The minimum atomic E-state index is -0.414. The first kappa shape index (κ1) is 20.1. The van der Waals surface area contributed by atoms with E-state index in [-0.39, 0.29) is 11.9 Å². The van der Waals surface area contributed by atoms with Crippen LogP contribution in [-0.4, -0.2) is 31.9 Å². The fourth-order valence-electron chi connectivity index (χ4n) is 3.03. The molecule has 3 rings (SSSR count). The summed E-state index contributed by atoms with van der Waals surface area (Å²) in [6.45, 7) is 1.81. The number of hydrazine groups is 1. The molecular weight excluding hydrogens is 380 g/mol. The molecule has 0 saturated carbocycles. The molecule has 0 aromatic heterocycles. The molecule has 2 aromatic rings. The normalized spacial score (nSPS) is 19.4. The van der Waals surface area contributed by atoms with Gasteiger partial charge in [0.25, 0.3) is 5.91 Å². The van der Waals surface area contributed by atoms with Gasteiger partial charge in [0, 0.05) is 16.6 Å². The summed E-state index contributed by atoms with van der Waals surface area (Å²) in [6.07, 6.45) is 0.570. The molecule has 0 aliphatic carbocycles. The lowest BCUT2D eigenvalue weighted by molar-refractivity contribution is -0.122. The Morgan fingerprint density at radius 1 is 1.14 bits per heavy atom.